The SMILES string of the molecule is CC1(C)C(C(C#N)c2cccc(Oc3ccccc3)c2)C1(C=C(Cl)Cl)C(=O)O. The molecule has 0 bridgehead atoms. The first kappa shape index (κ1) is 20.3. The van der Waals surface area contributed by atoms with E-state index in [-0.39, 0.29) is 4.49 Å². The fourth-order valence-electron chi connectivity index (χ4n) is 4.17. The third kappa shape index (κ3) is 3.37. The fourth-order valence-corrected chi connectivity index (χ4v) is 4.52. The summed E-state index contributed by atoms with van der Waals surface area (Å²) in [5.41, 5.74) is -1.30. The second-order valence-electron chi connectivity index (χ2n) is 7.40. The number of hydrogen-bond acceptors (Lipinski definition) is 3. The number of rotatable bonds is 6. The van der Waals surface area contributed by atoms with Crippen LogP contribution < -0.4 is 4.74 Å². The van der Waals surface area contributed by atoms with Gasteiger partial charge in [-0.15, -0.1) is 0 Å². The molecular formula is C22H19Cl2NO3. The quantitative estimate of drug-likeness (QED) is 0.615. The van der Waals surface area contributed by atoms with Gasteiger partial charge in [-0.3, -0.25) is 4.79 Å². The zero-order valence-corrected chi connectivity index (χ0v) is 16.9. The van der Waals surface area contributed by atoms with Crippen molar-refractivity contribution < 1.29 is 14.6 Å². The van der Waals surface area contributed by atoms with Crippen molar-refractivity contribution in [3.05, 3.63) is 70.7 Å². The Morgan fingerprint density at radius 1 is 1.18 bits per heavy atom. The molecule has 1 saturated carbocycles. The minimum atomic E-state index is -1.30. The van der Waals surface area contributed by atoms with E-state index in [1.165, 1.54) is 6.08 Å². The zero-order chi connectivity index (χ0) is 20.5. The summed E-state index contributed by atoms with van der Waals surface area (Å²) in [5.74, 6) is -0.930. The van der Waals surface area contributed by atoms with E-state index in [9.17, 15) is 15.2 Å². The van der Waals surface area contributed by atoms with Gasteiger partial charge in [-0.1, -0.05) is 67.4 Å². The van der Waals surface area contributed by atoms with E-state index in [1.54, 1.807) is 24.3 Å². The molecule has 0 aromatic heterocycles. The molecule has 28 heavy (non-hydrogen) atoms. The maximum absolute atomic E-state index is 12.1. The number of nitrogens with zero attached hydrogens (tertiary/aromatic N) is 1. The summed E-state index contributed by atoms with van der Waals surface area (Å²) >= 11 is 11.6. The number of carboxylic acids is 1. The molecule has 1 N–H and O–H groups in total. The Kier molecular flexibility index (Phi) is 5.43. The third-order valence-corrected chi connectivity index (χ3v) is 5.83. The van der Waals surface area contributed by atoms with Crippen molar-refractivity contribution in [2.75, 3.05) is 0 Å². The highest BCUT2D eigenvalue weighted by molar-refractivity contribution is 6.56. The lowest BCUT2D eigenvalue weighted by atomic mass is 9.89. The van der Waals surface area contributed by atoms with Gasteiger partial charge in [0.2, 0.25) is 0 Å². The smallest absolute Gasteiger partial charge is 0.314 e. The van der Waals surface area contributed by atoms with Crippen LogP contribution in [0.15, 0.2) is 65.2 Å². The van der Waals surface area contributed by atoms with E-state index in [1.807, 2.05) is 44.2 Å². The van der Waals surface area contributed by atoms with Gasteiger partial charge in [0.1, 0.15) is 16.0 Å². The number of hydrogen-bond donors (Lipinski definition) is 1. The van der Waals surface area contributed by atoms with E-state index >= 15 is 0 Å². The Bertz CT molecular complexity index is 961. The van der Waals surface area contributed by atoms with Crippen LogP contribution in [-0.2, 0) is 4.79 Å². The van der Waals surface area contributed by atoms with Crippen LogP contribution in [0, 0.1) is 28.1 Å². The van der Waals surface area contributed by atoms with Crippen LogP contribution in [-0.4, -0.2) is 11.1 Å². The Hall–Kier alpha value is -2.48. The normalized spacial score (nSPS) is 23.2. The lowest BCUT2D eigenvalue weighted by Crippen LogP contribution is -2.20. The Morgan fingerprint density at radius 2 is 1.82 bits per heavy atom. The molecule has 0 amide bonds. The van der Waals surface area contributed by atoms with Crippen molar-refractivity contribution in [2.24, 2.45) is 16.7 Å². The summed E-state index contributed by atoms with van der Waals surface area (Å²) in [4.78, 5) is 12.1. The number of benzene rings is 2. The van der Waals surface area contributed by atoms with Crippen LogP contribution in [0.1, 0.15) is 25.3 Å². The largest absolute Gasteiger partial charge is 0.481 e. The number of halogens is 2. The van der Waals surface area contributed by atoms with Gasteiger partial charge < -0.3 is 9.84 Å². The average molecular weight is 416 g/mol. The van der Waals surface area contributed by atoms with Crippen LogP contribution in [0.3, 0.4) is 0 Å². The highest BCUT2D eigenvalue weighted by Crippen LogP contribution is 2.74. The number of ether oxygens (including phenoxy) is 1. The standard InChI is InChI=1S/C22H19Cl2NO3/c1-21(2)19(22(21,20(26)27)12-18(23)24)17(13-25)14-7-6-10-16(11-14)28-15-8-4-3-5-9-15/h3-12,17,19H,1-2H3,(H,26,27). The Labute approximate surface area is 174 Å². The minimum Gasteiger partial charge on any atom is -0.481 e. The van der Waals surface area contributed by atoms with Crippen molar-refractivity contribution in [1.29, 1.82) is 5.26 Å². The molecule has 1 aliphatic rings. The highest BCUT2D eigenvalue weighted by atomic mass is 35.5. The zero-order valence-electron chi connectivity index (χ0n) is 15.4. The van der Waals surface area contributed by atoms with Gasteiger partial charge in [0.15, 0.2) is 0 Å². The van der Waals surface area contributed by atoms with Gasteiger partial charge in [0.05, 0.1) is 17.4 Å². The summed E-state index contributed by atoms with van der Waals surface area (Å²) in [7, 11) is 0. The molecule has 1 fully saturated rings. The van der Waals surface area contributed by atoms with Crippen molar-refractivity contribution in [3.8, 4) is 17.6 Å². The molecule has 0 aliphatic heterocycles. The molecule has 3 rings (SSSR count). The summed E-state index contributed by atoms with van der Waals surface area (Å²) in [6.07, 6.45) is 1.35. The Morgan fingerprint density at radius 3 is 2.39 bits per heavy atom. The summed E-state index contributed by atoms with van der Waals surface area (Å²) < 4.78 is 5.73. The number of aliphatic carboxylic acids is 1. The molecule has 3 unspecified atom stereocenters. The number of carbonyl (C=O) groups is 1. The van der Waals surface area contributed by atoms with Crippen molar-refractivity contribution in [1.82, 2.24) is 0 Å². The van der Waals surface area contributed by atoms with Crippen LogP contribution in [0.2, 0.25) is 0 Å². The second-order valence-corrected chi connectivity index (χ2v) is 8.41. The molecule has 6 heteroatoms. The van der Waals surface area contributed by atoms with Gasteiger partial charge in [-0.05, 0) is 41.3 Å². The van der Waals surface area contributed by atoms with Gasteiger partial charge in [0, 0.05) is 5.92 Å². The lowest BCUT2D eigenvalue weighted by Gasteiger charge is -2.14. The Balaban J connectivity index is 1.96. The van der Waals surface area contributed by atoms with Crippen molar-refractivity contribution >= 4 is 29.2 Å². The first-order valence-electron chi connectivity index (χ1n) is 8.73. The van der Waals surface area contributed by atoms with Crippen LogP contribution in [0.4, 0.5) is 0 Å². The van der Waals surface area contributed by atoms with E-state index in [4.69, 9.17) is 27.9 Å². The fraction of sp³-hybridized carbons (Fsp3) is 0.273. The molecule has 1 aliphatic carbocycles. The number of nitriles is 1. The van der Waals surface area contributed by atoms with E-state index in [2.05, 4.69) is 6.07 Å². The molecule has 0 spiro atoms. The van der Waals surface area contributed by atoms with Gasteiger partial charge in [-0.25, -0.2) is 0 Å². The summed E-state index contributed by atoms with van der Waals surface area (Å²) in [6.45, 7) is 3.63. The van der Waals surface area contributed by atoms with Crippen LogP contribution in [0.25, 0.3) is 0 Å². The molecule has 0 radical (unpaired) electrons. The second kappa shape index (κ2) is 7.50. The molecule has 144 valence electrons. The predicted molar refractivity (Wildman–Crippen MR) is 108 cm³/mol. The maximum atomic E-state index is 12.1. The van der Waals surface area contributed by atoms with Crippen LogP contribution >= 0.6 is 23.2 Å². The van der Waals surface area contributed by atoms with E-state index in [0.29, 0.717) is 17.1 Å². The first-order chi connectivity index (χ1) is 13.2. The van der Waals surface area contributed by atoms with Gasteiger partial charge >= 0.3 is 5.97 Å². The monoisotopic (exact) mass is 415 g/mol. The van der Waals surface area contributed by atoms with E-state index < -0.39 is 28.6 Å². The lowest BCUT2D eigenvalue weighted by molar-refractivity contribution is -0.143. The number of carboxylic acid groups (broad SMARTS) is 1. The number of para-hydroxylation sites is 1. The molecule has 2 aromatic carbocycles. The topological polar surface area (TPSA) is 70.3 Å². The predicted octanol–water partition coefficient (Wildman–Crippen LogP) is 6.13. The molecule has 0 saturated heterocycles. The minimum absolute atomic E-state index is 0.115. The summed E-state index contributed by atoms with van der Waals surface area (Å²) in [5, 5.41) is 19.8. The van der Waals surface area contributed by atoms with Crippen molar-refractivity contribution in [2.45, 2.75) is 19.8 Å². The maximum Gasteiger partial charge on any atom is 0.314 e. The molecule has 3 atom stereocenters. The average Bonchev–Trinajstić information content (AvgIpc) is 3.12. The van der Waals surface area contributed by atoms with E-state index in [0.717, 1.165) is 0 Å². The van der Waals surface area contributed by atoms with Gasteiger partial charge in [-0.2, -0.15) is 5.26 Å². The molecule has 2 aromatic rings. The van der Waals surface area contributed by atoms with Crippen LogP contribution in [0.5, 0.6) is 11.5 Å². The van der Waals surface area contributed by atoms with Crippen molar-refractivity contribution in [3.63, 3.8) is 0 Å². The molecule has 0 heterocycles. The van der Waals surface area contributed by atoms with Gasteiger partial charge in [0.25, 0.3) is 0 Å². The first-order valence-corrected chi connectivity index (χ1v) is 9.49. The summed E-state index contributed by atoms with van der Waals surface area (Å²) in [6, 6.07) is 18.7. The molecular weight excluding hydrogens is 397 g/mol. The molecule has 4 nitrogen and oxygen atoms in total. The third-order valence-electron chi connectivity index (χ3n) is 5.61. The highest BCUT2D eigenvalue weighted by Gasteiger charge is 2.77.